The summed E-state index contributed by atoms with van der Waals surface area (Å²) in [5.74, 6) is -0.528. The molecule has 0 saturated carbocycles. The summed E-state index contributed by atoms with van der Waals surface area (Å²) in [5, 5.41) is 1.18. The molecule has 134 valence electrons. The van der Waals surface area contributed by atoms with Crippen LogP contribution in [0, 0.1) is 0 Å². The van der Waals surface area contributed by atoms with Gasteiger partial charge in [-0.25, -0.2) is 0 Å². The molecule has 8 heteroatoms. The summed E-state index contributed by atoms with van der Waals surface area (Å²) in [6, 6.07) is 12.5. The van der Waals surface area contributed by atoms with Gasteiger partial charge in [0.2, 0.25) is 0 Å². The van der Waals surface area contributed by atoms with Crippen molar-refractivity contribution in [3.05, 3.63) is 62.4 Å². The summed E-state index contributed by atoms with van der Waals surface area (Å²) < 4.78 is 7.08. The molecule has 2 N–H and O–H groups in total. The molecule has 0 spiro atoms. The minimum Gasteiger partial charge on any atom is -0.493 e. The van der Waals surface area contributed by atoms with Crippen molar-refractivity contribution >= 4 is 60.8 Å². The molecule has 0 aliphatic carbocycles. The number of fused-ring (bicyclic) bond motifs is 1. The molecule has 1 aromatic heterocycles. The maximum absolute atomic E-state index is 12.4. The van der Waals surface area contributed by atoms with Crippen LogP contribution in [0.1, 0.15) is 27.0 Å². The number of hydrazine groups is 1. The Bertz CT molecular complexity index is 990. The topological polar surface area (TPSA) is 67.4 Å². The molecule has 2 aromatic carbocycles. The molecule has 0 radical (unpaired) electrons. The third-order valence-corrected chi connectivity index (χ3v) is 5.68. The van der Waals surface area contributed by atoms with Gasteiger partial charge in [-0.3, -0.25) is 20.4 Å². The number of carbonyl (C=O) groups is 2. The van der Waals surface area contributed by atoms with E-state index in [0.29, 0.717) is 27.8 Å². The summed E-state index contributed by atoms with van der Waals surface area (Å²) in [4.78, 5) is 25.2. The lowest BCUT2D eigenvalue weighted by Gasteiger charge is -2.11. The molecule has 0 saturated heterocycles. The van der Waals surface area contributed by atoms with E-state index >= 15 is 0 Å². The van der Waals surface area contributed by atoms with E-state index in [-0.39, 0.29) is 0 Å². The highest BCUT2D eigenvalue weighted by Gasteiger charge is 2.19. The average molecular weight is 454 g/mol. The lowest BCUT2D eigenvalue weighted by molar-refractivity contribution is 0.0846. The Morgan fingerprint density at radius 3 is 2.62 bits per heavy atom. The number of benzene rings is 2. The van der Waals surface area contributed by atoms with Gasteiger partial charge in [-0.2, -0.15) is 0 Å². The van der Waals surface area contributed by atoms with Crippen LogP contribution in [-0.2, 0) is 0 Å². The Kier molecular flexibility index (Phi) is 5.80. The van der Waals surface area contributed by atoms with Crippen molar-refractivity contribution in [3.8, 4) is 5.75 Å². The molecule has 0 unspecified atom stereocenters. The van der Waals surface area contributed by atoms with Gasteiger partial charge in [0.25, 0.3) is 11.8 Å². The number of nitrogens with one attached hydrogen (secondary N) is 2. The van der Waals surface area contributed by atoms with Gasteiger partial charge in [-0.1, -0.05) is 45.7 Å². The largest absolute Gasteiger partial charge is 0.493 e. The fourth-order valence-electron chi connectivity index (χ4n) is 2.36. The van der Waals surface area contributed by atoms with Crippen molar-refractivity contribution in [2.45, 2.75) is 6.92 Å². The monoisotopic (exact) mass is 452 g/mol. The second-order valence-electron chi connectivity index (χ2n) is 5.22. The van der Waals surface area contributed by atoms with Gasteiger partial charge in [0, 0.05) is 14.6 Å². The first-order valence-electron chi connectivity index (χ1n) is 7.71. The molecular weight excluding hydrogens is 440 g/mol. The Balaban J connectivity index is 1.76. The van der Waals surface area contributed by atoms with E-state index in [2.05, 4.69) is 26.8 Å². The molecule has 0 fully saturated rings. The second kappa shape index (κ2) is 8.07. The molecule has 1 heterocycles. The predicted octanol–water partition coefficient (Wildman–Crippen LogP) is 4.79. The van der Waals surface area contributed by atoms with E-state index < -0.39 is 11.8 Å². The lowest BCUT2D eigenvalue weighted by Crippen LogP contribution is -2.41. The van der Waals surface area contributed by atoms with Crippen molar-refractivity contribution in [3.63, 3.8) is 0 Å². The van der Waals surface area contributed by atoms with Crippen LogP contribution in [0.25, 0.3) is 10.1 Å². The van der Waals surface area contributed by atoms with E-state index in [1.165, 1.54) is 11.3 Å². The molecule has 0 aliphatic heterocycles. The van der Waals surface area contributed by atoms with Crippen molar-refractivity contribution in [1.29, 1.82) is 0 Å². The zero-order valence-electron chi connectivity index (χ0n) is 13.6. The highest BCUT2D eigenvalue weighted by atomic mass is 79.9. The number of hydrogen-bond acceptors (Lipinski definition) is 4. The summed E-state index contributed by atoms with van der Waals surface area (Å²) in [6.45, 7) is 2.25. The van der Waals surface area contributed by atoms with Crippen molar-refractivity contribution in [1.82, 2.24) is 10.9 Å². The van der Waals surface area contributed by atoms with Gasteiger partial charge in [0.05, 0.1) is 17.2 Å². The van der Waals surface area contributed by atoms with E-state index in [9.17, 15) is 9.59 Å². The molecule has 0 bridgehead atoms. The van der Waals surface area contributed by atoms with Crippen LogP contribution >= 0.6 is 38.9 Å². The smallest absolute Gasteiger partial charge is 0.281 e. The molecular formula is C18H14BrClN2O3S. The van der Waals surface area contributed by atoms with Crippen LogP contribution < -0.4 is 15.6 Å². The van der Waals surface area contributed by atoms with Gasteiger partial charge in [0.1, 0.15) is 10.6 Å². The first kappa shape index (κ1) is 18.7. The normalized spacial score (nSPS) is 10.6. The summed E-state index contributed by atoms with van der Waals surface area (Å²) >= 11 is 10.9. The number of thiophene rings is 1. The van der Waals surface area contributed by atoms with Crippen LogP contribution in [0.4, 0.5) is 0 Å². The van der Waals surface area contributed by atoms with Gasteiger partial charge in [-0.15, -0.1) is 11.3 Å². The molecule has 2 amide bonds. The maximum atomic E-state index is 12.4. The number of amides is 2. The molecule has 3 rings (SSSR count). The lowest BCUT2D eigenvalue weighted by atomic mass is 10.2. The molecule has 0 aliphatic rings. The molecule has 3 aromatic rings. The number of ether oxygens (including phenoxy) is 1. The van der Waals surface area contributed by atoms with Gasteiger partial charge in [-0.05, 0) is 31.2 Å². The van der Waals surface area contributed by atoms with Gasteiger partial charge >= 0.3 is 0 Å². The zero-order valence-corrected chi connectivity index (χ0v) is 16.8. The van der Waals surface area contributed by atoms with Crippen LogP contribution in [-0.4, -0.2) is 18.4 Å². The van der Waals surface area contributed by atoms with E-state index in [1.807, 2.05) is 31.2 Å². The minimum atomic E-state index is -0.486. The number of halogens is 2. The average Bonchev–Trinajstić information content (AvgIpc) is 2.98. The Hall–Kier alpha value is -2.09. The van der Waals surface area contributed by atoms with Crippen LogP contribution in [0.2, 0.25) is 5.02 Å². The minimum absolute atomic E-state index is 0.309. The standard InChI is InChI=1S/C18H14BrClN2O3S/c1-2-25-13-8-7-10(19)9-12(13)17(23)21-22-18(24)16-15(20)11-5-3-4-6-14(11)26-16/h3-9H,2H2,1H3,(H,21,23)(H,22,24). The summed E-state index contributed by atoms with van der Waals surface area (Å²) in [7, 11) is 0. The first-order valence-corrected chi connectivity index (χ1v) is 9.70. The fourth-order valence-corrected chi connectivity index (χ4v) is 4.13. The predicted molar refractivity (Wildman–Crippen MR) is 107 cm³/mol. The van der Waals surface area contributed by atoms with Gasteiger partial charge < -0.3 is 4.74 Å². The third kappa shape index (κ3) is 3.85. The highest BCUT2D eigenvalue weighted by Crippen LogP contribution is 2.34. The van der Waals surface area contributed by atoms with Crippen LogP contribution in [0.5, 0.6) is 5.75 Å². The Morgan fingerprint density at radius 2 is 1.88 bits per heavy atom. The quantitative estimate of drug-likeness (QED) is 0.558. The van der Waals surface area contributed by atoms with Crippen LogP contribution in [0.3, 0.4) is 0 Å². The fraction of sp³-hybridized carbons (Fsp3) is 0.111. The summed E-state index contributed by atoms with van der Waals surface area (Å²) in [5.41, 5.74) is 5.12. The Labute approximate surface area is 167 Å². The number of carbonyl (C=O) groups excluding carboxylic acids is 2. The maximum Gasteiger partial charge on any atom is 0.281 e. The van der Waals surface area contributed by atoms with E-state index in [0.717, 1.165) is 14.6 Å². The highest BCUT2D eigenvalue weighted by molar-refractivity contribution is 9.10. The number of hydrogen-bond donors (Lipinski definition) is 2. The SMILES string of the molecule is CCOc1ccc(Br)cc1C(=O)NNC(=O)c1sc2ccccc2c1Cl. The third-order valence-electron chi connectivity index (χ3n) is 3.52. The molecule has 26 heavy (non-hydrogen) atoms. The molecule has 5 nitrogen and oxygen atoms in total. The summed E-state index contributed by atoms with van der Waals surface area (Å²) in [6.07, 6.45) is 0. The van der Waals surface area contributed by atoms with E-state index in [1.54, 1.807) is 18.2 Å². The van der Waals surface area contributed by atoms with Crippen molar-refractivity contribution in [2.24, 2.45) is 0 Å². The van der Waals surface area contributed by atoms with Crippen molar-refractivity contribution < 1.29 is 14.3 Å². The van der Waals surface area contributed by atoms with Crippen LogP contribution in [0.15, 0.2) is 46.9 Å². The van der Waals surface area contributed by atoms with Crippen molar-refractivity contribution in [2.75, 3.05) is 6.61 Å². The van der Waals surface area contributed by atoms with Gasteiger partial charge in [0.15, 0.2) is 0 Å². The Morgan fingerprint density at radius 1 is 1.15 bits per heavy atom. The first-order chi connectivity index (χ1) is 12.5. The second-order valence-corrected chi connectivity index (χ2v) is 7.57. The molecule has 0 atom stereocenters. The zero-order chi connectivity index (χ0) is 18.7. The van der Waals surface area contributed by atoms with E-state index in [4.69, 9.17) is 16.3 Å². The number of rotatable bonds is 4.